The Kier molecular flexibility index (Phi) is 6.56. The van der Waals surface area contributed by atoms with Crippen LogP contribution in [0, 0.1) is 34.0 Å². The average molecular weight is 636 g/mol. The Morgan fingerprint density at radius 2 is 0.920 bits per heavy atom. The number of fused-ring (bicyclic) bond motifs is 6. The van der Waals surface area contributed by atoms with Crippen LogP contribution in [0.15, 0.2) is 152 Å². The molecule has 50 heavy (non-hydrogen) atoms. The zero-order valence-corrected chi connectivity index (χ0v) is 26.7. The maximum absolute atomic E-state index is 10.9. The fourth-order valence-corrected chi connectivity index (χ4v) is 7.59. The third-order valence-corrected chi connectivity index (χ3v) is 9.67. The molecule has 2 aromatic heterocycles. The molecule has 0 spiro atoms. The molecule has 9 aromatic rings. The molecule has 0 aliphatic heterocycles. The van der Waals surface area contributed by atoms with Crippen LogP contribution in [0.1, 0.15) is 16.7 Å². The van der Waals surface area contributed by atoms with E-state index >= 15 is 0 Å². The summed E-state index contributed by atoms with van der Waals surface area (Å²) in [6, 6.07) is 57.9. The lowest BCUT2D eigenvalue weighted by Crippen LogP contribution is -2.01. The number of rotatable bonds is 4. The molecule has 5 heteroatoms. The summed E-state index contributed by atoms with van der Waals surface area (Å²) in [7, 11) is 0. The molecule has 7 aromatic carbocycles. The minimum atomic E-state index is 0.509. The van der Waals surface area contributed by atoms with E-state index in [1.54, 1.807) is 12.1 Å². The first-order chi connectivity index (χ1) is 24.7. The van der Waals surface area contributed by atoms with Gasteiger partial charge < -0.3 is 9.13 Å². The zero-order chi connectivity index (χ0) is 33.8. The number of nitrogens with zero attached hydrogens (tertiary/aromatic N) is 5. The molecular weight excluding hydrogens is 611 g/mol. The minimum Gasteiger partial charge on any atom is -0.309 e. The van der Waals surface area contributed by atoms with Gasteiger partial charge in [-0.15, -0.1) is 0 Å². The number of hydrogen-bond acceptors (Lipinski definition) is 3. The first kappa shape index (κ1) is 28.8. The van der Waals surface area contributed by atoms with Crippen LogP contribution in [-0.4, -0.2) is 9.13 Å². The molecule has 0 atom stereocenters. The number of benzene rings is 7. The van der Waals surface area contributed by atoms with E-state index in [0.29, 0.717) is 22.4 Å². The van der Waals surface area contributed by atoms with E-state index < -0.39 is 0 Å². The summed E-state index contributed by atoms with van der Waals surface area (Å²) < 4.78 is 4.38. The molecule has 0 saturated carbocycles. The Morgan fingerprint density at radius 3 is 1.62 bits per heavy atom. The Labute approximate surface area is 287 Å². The fourth-order valence-electron chi connectivity index (χ4n) is 7.59. The van der Waals surface area contributed by atoms with Gasteiger partial charge in [-0.3, -0.25) is 0 Å². The normalized spacial score (nSPS) is 11.1. The lowest BCUT2D eigenvalue weighted by Gasteiger charge is -2.18. The summed E-state index contributed by atoms with van der Waals surface area (Å²) in [6.45, 7) is 0. The van der Waals surface area contributed by atoms with E-state index in [1.807, 2.05) is 59.2 Å². The molecule has 0 aliphatic rings. The molecule has 0 amide bonds. The summed E-state index contributed by atoms with van der Waals surface area (Å²) in [4.78, 5) is 0. The van der Waals surface area contributed by atoms with Crippen LogP contribution in [0.3, 0.4) is 0 Å². The molecule has 0 aliphatic carbocycles. The van der Waals surface area contributed by atoms with Crippen molar-refractivity contribution in [3.05, 3.63) is 168 Å². The van der Waals surface area contributed by atoms with E-state index in [4.69, 9.17) is 0 Å². The average Bonchev–Trinajstić information content (AvgIpc) is 3.70. The van der Waals surface area contributed by atoms with Gasteiger partial charge in [0.1, 0.15) is 6.07 Å². The van der Waals surface area contributed by atoms with Gasteiger partial charge in [0, 0.05) is 32.7 Å². The van der Waals surface area contributed by atoms with Gasteiger partial charge in [0.25, 0.3) is 0 Å². The predicted molar refractivity (Wildman–Crippen MR) is 200 cm³/mol. The van der Waals surface area contributed by atoms with Crippen LogP contribution >= 0.6 is 0 Å². The monoisotopic (exact) mass is 635 g/mol. The van der Waals surface area contributed by atoms with Crippen molar-refractivity contribution in [2.45, 2.75) is 0 Å². The molecule has 0 N–H and O–H groups in total. The highest BCUT2D eigenvalue weighted by Crippen LogP contribution is 2.42. The largest absolute Gasteiger partial charge is 0.309 e. The van der Waals surface area contributed by atoms with Crippen molar-refractivity contribution < 1.29 is 0 Å². The Balaban J connectivity index is 1.31. The fraction of sp³-hybridized carbons (Fsp3) is 0. The predicted octanol–water partition coefficient (Wildman–Crippen LogP) is 10.8. The number of para-hydroxylation sites is 3. The van der Waals surface area contributed by atoms with Gasteiger partial charge in [-0.1, -0.05) is 97.1 Å². The van der Waals surface area contributed by atoms with Gasteiger partial charge in [-0.05, 0) is 65.7 Å². The van der Waals surface area contributed by atoms with Gasteiger partial charge >= 0.3 is 0 Å². The number of aromatic nitrogens is 2. The van der Waals surface area contributed by atoms with Crippen molar-refractivity contribution >= 4 is 43.6 Å². The van der Waals surface area contributed by atoms with Crippen LogP contribution in [0.25, 0.3) is 77.2 Å². The van der Waals surface area contributed by atoms with Crippen molar-refractivity contribution in [3.63, 3.8) is 0 Å². The van der Waals surface area contributed by atoms with Gasteiger partial charge in [0.15, 0.2) is 0 Å². The molecular formula is C45H25N5. The van der Waals surface area contributed by atoms with Crippen LogP contribution in [0.4, 0.5) is 0 Å². The second-order valence-corrected chi connectivity index (χ2v) is 12.2. The van der Waals surface area contributed by atoms with Gasteiger partial charge in [0.05, 0.1) is 62.3 Å². The minimum absolute atomic E-state index is 0.509. The Hall–Kier alpha value is -7.39. The van der Waals surface area contributed by atoms with E-state index in [1.165, 1.54) is 10.8 Å². The highest BCUT2D eigenvalue weighted by molar-refractivity contribution is 6.13. The smallest absolute Gasteiger partial charge is 0.102 e. The van der Waals surface area contributed by atoms with Crippen molar-refractivity contribution in [2.75, 3.05) is 0 Å². The topological polar surface area (TPSA) is 81.2 Å². The van der Waals surface area contributed by atoms with Crippen molar-refractivity contribution in [2.24, 2.45) is 0 Å². The standard InChI is InChI=1S/C45H25N5/c46-26-29-23-24-43-37(25-29)45-30(27-47)11-9-22-44(45)50(43)42-21-10-17-33(38(42)28-48)31-12-1-2-13-32(31)34-14-3-6-18-39(34)49-40-19-7-4-15-35(40)36-16-5-8-20-41(36)49/h1-25H. The SMILES string of the molecule is N#Cc1ccc2c(c1)c1c(C#N)cccc1n2-c1cccc(-c2ccccc2-c2ccccc2-n2c3ccccc3c3ccccc32)c1C#N. The molecule has 0 saturated heterocycles. The van der Waals surface area contributed by atoms with Gasteiger partial charge in [0.2, 0.25) is 0 Å². The molecule has 2 heterocycles. The summed E-state index contributed by atoms with van der Waals surface area (Å²) >= 11 is 0. The summed E-state index contributed by atoms with van der Waals surface area (Å²) in [5.41, 5.74) is 11.0. The lowest BCUT2D eigenvalue weighted by molar-refractivity contribution is 1.17. The molecule has 0 radical (unpaired) electrons. The van der Waals surface area contributed by atoms with Crippen LogP contribution in [0.2, 0.25) is 0 Å². The number of nitriles is 3. The van der Waals surface area contributed by atoms with Gasteiger partial charge in [-0.2, -0.15) is 15.8 Å². The second kappa shape index (κ2) is 11.4. The molecule has 0 bridgehead atoms. The Bertz CT molecular complexity index is 2920. The first-order valence-corrected chi connectivity index (χ1v) is 16.3. The first-order valence-electron chi connectivity index (χ1n) is 16.3. The second-order valence-electron chi connectivity index (χ2n) is 12.2. The van der Waals surface area contributed by atoms with Crippen molar-refractivity contribution in [3.8, 4) is 51.8 Å². The maximum atomic E-state index is 10.9. The highest BCUT2D eigenvalue weighted by Gasteiger charge is 2.22. The Morgan fingerprint density at radius 1 is 0.380 bits per heavy atom. The van der Waals surface area contributed by atoms with Crippen LogP contribution in [0.5, 0.6) is 0 Å². The van der Waals surface area contributed by atoms with Crippen LogP contribution < -0.4 is 0 Å². The summed E-state index contributed by atoms with van der Waals surface area (Å²) in [5.74, 6) is 0. The van der Waals surface area contributed by atoms with E-state index in [0.717, 1.165) is 60.8 Å². The van der Waals surface area contributed by atoms with Crippen molar-refractivity contribution in [1.29, 1.82) is 15.8 Å². The summed E-state index contributed by atoms with van der Waals surface area (Å²) in [5, 5.41) is 34.6. The molecule has 0 unspecified atom stereocenters. The third kappa shape index (κ3) is 4.17. The number of hydrogen-bond donors (Lipinski definition) is 0. The maximum Gasteiger partial charge on any atom is 0.102 e. The van der Waals surface area contributed by atoms with Crippen LogP contribution in [-0.2, 0) is 0 Å². The third-order valence-electron chi connectivity index (χ3n) is 9.67. The quantitative estimate of drug-likeness (QED) is 0.193. The van der Waals surface area contributed by atoms with E-state index in [9.17, 15) is 15.8 Å². The molecule has 5 nitrogen and oxygen atoms in total. The van der Waals surface area contributed by atoms with Gasteiger partial charge in [-0.25, -0.2) is 0 Å². The molecule has 0 fully saturated rings. The molecule has 9 rings (SSSR count). The molecule has 230 valence electrons. The highest BCUT2D eigenvalue weighted by atomic mass is 15.0. The lowest BCUT2D eigenvalue weighted by atomic mass is 9.90. The summed E-state index contributed by atoms with van der Waals surface area (Å²) in [6.07, 6.45) is 0. The zero-order valence-electron chi connectivity index (χ0n) is 26.7. The van der Waals surface area contributed by atoms with E-state index in [-0.39, 0.29) is 0 Å². The van der Waals surface area contributed by atoms with E-state index in [2.05, 4.69) is 108 Å². The van der Waals surface area contributed by atoms with Crippen molar-refractivity contribution in [1.82, 2.24) is 9.13 Å².